The first-order valence-electron chi connectivity index (χ1n) is 5.38. The molecule has 0 amide bonds. The van der Waals surface area contributed by atoms with Crippen LogP contribution in [-0.4, -0.2) is 14.1 Å². The van der Waals surface area contributed by atoms with Crippen LogP contribution in [0.5, 0.6) is 0 Å². The van der Waals surface area contributed by atoms with Crippen molar-refractivity contribution in [3.63, 3.8) is 0 Å². The SMILES string of the molecule is O=[N+]([O-])S(c1ccccc1)=P(O)(O)c1ccccc1. The van der Waals surface area contributed by atoms with Gasteiger partial charge in [0.1, 0.15) is 0 Å². The summed E-state index contributed by atoms with van der Waals surface area (Å²) >= 11 is 0. The second-order valence-corrected chi connectivity index (χ2v) is 9.15. The second kappa shape index (κ2) is 5.67. The van der Waals surface area contributed by atoms with Crippen molar-refractivity contribution in [2.24, 2.45) is 0 Å². The molecule has 2 aromatic carbocycles. The van der Waals surface area contributed by atoms with Gasteiger partial charge in [0.2, 0.25) is 16.8 Å². The quantitative estimate of drug-likeness (QED) is 0.515. The predicted octanol–water partition coefficient (Wildman–Crippen LogP) is 1.93. The average molecular weight is 297 g/mol. The van der Waals surface area contributed by atoms with Gasteiger partial charge in [0.05, 0.1) is 9.22 Å². The minimum Gasteiger partial charge on any atom is -0.341 e. The van der Waals surface area contributed by atoms with Crippen LogP contribution in [0.4, 0.5) is 0 Å². The minimum absolute atomic E-state index is 0.207. The van der Waals surface area contributed by atoms with E-state index in [-0.39, 0.29) is 5.30 Å². The molecule has 0 saturated carbocycles. The van der Waals surface area contributed by atoms with Gasteiger partial charge in [-0.1, -0.05) is 36.4 Å². The first-order chi connectivity index (χ1) is 9.03. The highest BCUT2D eigenvalue weighted by atomic mass is 32.5. The van der Waals surface area contributed by atoms with Gasteiger partial charge in [-0.3, -0.25) is 10.1 Å². The van der Waals surface area contributed by atoms with Crippen LogP contribution in [0.2, 0.25) is 0 Å². The normalized spacial score (nSPS) is 12.9. The van der Waals surface area contributed by atoms with E-state index in [1.54, 1.807) is 36.4 Å². The Bertz CT molecular complexity index is 639. The third-order valence-corrected chi connectivity index (χ3v) is 7.97. The lowest BCUT2D eigenvalue weighted by Crippen LogP contribution is -2.14. The van der Waals surface area contributed by atoms with Gasteiger partial charge in [0, 0.05) is 5.30 Å². The van der Waals surface area contributed by atoms with Crippen molar-refractivity contribution in [1.29, 1.82) is 0 Å². The molecule has 0 aliphatic carbocycles. The van der Waals surface area contributed by atoms with E-state index in [1.165, 1.54) is 24.3 Å². The van der Waals surface area contributed by atoms with Gasteiger partial charge in [-0.05, 0) is 24.3 Å². The molecule has 1 unspecified atom stereocenters. The van der Waals surface area contributed by atoms with Crippen LogP contribution >= 0.6 is 6.49 Å². The van der Waals surface area contributed by atoms with Gasteiger partial charge in [-0.15, -0.1) is 0 Å². The van der Waals surface area contributed by atoms with E-state index >= 15 is 0 Å². The first kappa shape index (κ1) is 14.0. The Labute approximate surface area is 112 Å². The number of nitro groups is 1. The highest BCUT2D eigenvalue weighted by molar-refractivity contribution is 8.28. The summed E-state index contributed by atoms with van der Waals surface area (Å²) in [6, 6.07) is 16.1. The van der Waals surface area contributed by atoms with Crippen molar-refractivity contribution in [3.8, 4) is 0 Å². The summed E-state index contributed by atoms with van der Waals surface area (Å²) in [6.07, 6.45) is 0. The van der Waals surface area contributed by atoms with Crippen LogP contribution in [0.1, 0.15) is 0 Å². The van der Waals surface area contributed by atoms with E-state index in [4.69, 9.17) is 0 Å². The summed E-state index contributed by atoms with van der Waals surface area (Å²) in [5.41, 5.74) is 0. The molecule has 7 heteroatoms. The van der Waals surface area contributed by atoms with Crippen molar-refractivity contribution in [3.05, 3.63) is 70.8 Å². The lowest BCUT2D eigenvalue weighted by Gasteiger charge is -2.14. The molecule has 19 heavy (non-hydrogen) atoms. The lowest BCUT2D eigenvalue weighted by atomic mass is 10.4. The van der Waals surface area contributed by atoms with Crippen LogP contribution in [0.15, 0.2) is 65.6 Å². The molecule has 0 aromatic heterocycles. The van der Waals surface area contributed by atoms with Crippen molar-refractivity contribution < 1.29 is 14.1 Å². The molecule has 1 atom stereocenters. The van der Waals surface area contributed by atoms with Crippen LogP contribution in [0.25, 0.3) is 0 Å². The van der Waals surface area contributed by atoms with Crippen LogP contribution in [0.3, 0.4) is 0 Å². The molecular formula is C12H12NO4PS. The van der Waals surface area contributed by atoms with Crippen molar-refractivity contribution in [2.45, 2.75) is 4.90 Å². The highest BCUT2D eigenvalue weighted by Crippen LogP contribution is 2.43. The van der Waals surface area contributed by atoms with Gasteiger partial charge in [0.15, 0.2) is 0 Å². The van der Waals surface area contributed by atoms with Gasteiger partial charge >= 0.3 is 0 Å². The summed E-state index contributed by atoms with van der Waals surface area (Å²) in [7, 11) is -1.86. The van der Waals surface area contributed by atoms with E-state index in [0.717, 1.165) is 0 Å². The van der Waals surface area contributed by atoms with Crippen LogP contribution in [-0.2, 0) is 10.3 Å². The molecule has 0 aliphatic rings. The fraction of sp³-hybridized carbons (Fsp3) is 0. The maximum absolute atomic E-state index is 11.2. The van der Waals surface area contributed by atoms with Gasteiger partial charge in [0.25, 0.3) is 0 Å². The third kappa shape index (κ3) is 2.93. The zero-order valence-corrected chi connectivity index (χ0v) is 11.5. The molecule has 0 radical (unpaired) electrons. The minimum atomic E-state index is -3.85. The summed E-state index contributed by atoms with van der Waals surface area (Å²) < 4.78 is -0.615. The molecule has 0 saturated heterocycles. The molecule has 100 valence electrons. The maximum Gasteiger partial charge on any atom is 0.247 e. The number of hydrogen-bond donors (Lipinski definition) is 2. The fourth-order valence-corrected chi connectivity index (χ4v) is 6.17. The molecule has 2 rings (SSSR count). The summed E-state index contributed by atoms with van der Waals surface area (Å²) in [6.45, 7) is -3.85. The third-order valence-electron chi connectivity index (χ3n) is 2.43. The molecule has 2 N–H and O–H groups in total. The Morgan fingerprint density at radius 1 is 0.947 bits per heavy atom. The fourth-order valence-electron chi connectivity index (χ4n) is 1.59. The van der Waals surface area contributed by atoms with Gasteiger partial charge in [-0.2, -0.15) is 0 Å². The average Bonchev–Trinajstić information content (AvgIpc) is 2.40. The number of rotatable bonds is 3. The molecular weight excluding hydrogens is 285 g/mol. The molecule has 0 aliphatic heterocycles. The molecule has 0 spiro atoms. The van der Waals surface area contributed by atoms with Crippen LogP contribution in [0, 0.1) is 10.1 Å². The Hall–Kier alpha value is -1.46. The molecule has 0 bridgehead atoms. The Morgan fingerprint density at radius 2 is 1.42 bits per heavy atom. The Morgan fingerprint density at radius 3 is 1.89 bits per heavy atom. The molecule has 5 nitrogen and oxygen atoms in total. The first-order valence-corrected chi connectivity index (χ1v) is 8.86. The number of benzene rings is 2. The van der Waals surface area contributed by atoms with Crippen molar-refractivity contribution in [1.82, 2.24) is 0 Å². The Balaban J connectivity index is 2.73. The molecule has 0 heterocycles. The van der Waals surface area contributed by atoms with E-state index in [9.17, 15) is 19.9 Å². The zero-order valence-electron chi connectivity index (χ0n) is 9.79. The molecule has 0 fully saturated rings. The van der Waals surface area contributed by atoms with Crippen molar-refractivity contribution >= 4 is 22.1 Å². The van der Waals surface area contributed by atoms with E-state index in [0.29, 0.717) is 4.90 Å². The lowest BCUT2D eigenvalue weighted by molar-refractivity contribution is -0.289. The van der Waals surface area contributed by atoms with Crippen molar-refractivity contribution in [2.75, 3.05) is 0 Å². The predicted molar refractivity (Wildman–Crippen MR) is 76.5 cm³/mol. The number of nitrogens with zero attached hydrogens (tertiary/aromatic N) is 1. The van der Waals surface area contributed by atoms with E-state index < -0.39 is 21.1 Å². The van der Waals surface area contributed by atoms with E-state index in [1.807, 2.05) is 0 Å². The largest absolute Gasteiger partial charge is 0.341 e. The summed E-state index contributed by atoms with van der Waals surface area (Å²) in [4.78, 5) is 32.2. The second-order valence-electron chi connectivity index (χ2n) is 3.68. The zero-order chi connectivity index (χ0) is 13.9. The summed E-state index contributed by atoms with van der Waals surface area (Å²) in [5, 5.41) is 11.5. The number of hydrogen-bond acceptors (Lipinski definition) is 2. The standard InChI is InChI=1S/C12H12NO4PS/c14-13(15)19(12-9-5-2-6-10-12)18(16,17)11-7-3-1-4-8-11/h1-10,16-17H. The topological polar surface area (TPSA) is 83.6 Å². The summed E-state index contributed by atoms with van der Waals surface area (Å²) in [5.74, 6) is 0. The molecule has 2 aromatic rings. The van der Waals surface area contributed by atoms with E-state index in [2.05, 4.69) is 0 Å². The maximum atomic E-state index is 11.2. The smallest absolute Gasteiger partial charge is 0.247 e. The van der Waals surface area contributed by atoms with Gasteiger partial charge < -0.3 is 9.79 Å². The van der Waals surface area contributed by atoms with Gasteiger partial charge in [-0.25, -0.2) is 0 Å². The highest BCUT2D eigenvalue weighted by Gasteiger charge is 2.29. The monoisotopic (exact) mass is 297 g/mol. The van der Waals surface area contributed by atoms with Crippen LogP contribution < -0.4 is 5.30 Å². The Kier molecular flexibility index (Phi) is 4.17.